The van der Waals surface area contributed by atoms with Gasteiger partial charge >= 0.3 is 0 Å². The number of benzene rings is 1. The quantitative estimate of drug-likeness (QED) is 0.622. The van der Waals surface area contributed by atoms with Crippen LogP contribution in [0.3, 0.4) is 0 Å². The normalized spacial score (nSPS) is 9.50. The van der Waals surface area contributed by atoms with E-state index in [4.69, 9.17) is 5.73 Å². The number of carbonyl (C=O) groups excluding carboxylic acids is 1. The molecular formula is C8H9FN2O. The minimum atomic E-state index is -0.527. The molecule has 1 amide bonds. The van der Waals surface area contributed by atoms with Crippen LogP contribution in [0.1, 0.15) is 6.92 Å². The van der Waals surface area contributed by atoms with Gasteiger partial charge in [0.1, 0.15) is 5.82 Å². The molecule has 0 aliphatic carbocycles. The molecule has 1 aromatic carbocycles. The van der Waals surface area contributed by atoms with Gasteiger partial charge in [-0.3, -0.25) is 4.79 Å². The van der Waals surface area contributed by atoms with E-state index in [0.717, 1.165) is 0 Å². The molecule has 0 saturated carbocycles. The van der Waals surface area contributed by atoms with E-state index in [9.17, 15) is 9.18 Å². The Balaban J connectivity index is 2.89. The molecule has 0 fully saturated rings. The molecule has 0 bridgehead atoms. The molecule has 12 heavy (non-hydrogen) atoms. The fraction of sp³-hybridized carbons (Fsp3) is 0.125. The van der Waals surface area contributed by atoms with Crippen molar-refractivity contribution >= 4 is 17.3 Å². The van der Waals surface area contributed by atoms with Gasteiger partial charge in [-0.1, -0.05) is 0 Å². The smallest absolute Gasteiger partial charge is 0.221 e. The maximum absolute atomic E-state index is 12.8. The molecule has 0 atom stereocenters. The average molecular weight is 168 g/mol. The van der Waals surface area contributed by atoms with Crippen LogP contribution in [0, 0.1) is 5.82 Å². The highest BCUT2D eigenvalue weighted by molar-refractivity contribution is 5.88. The Hall–Kier alpha value is -1.58. The van der Waals surface area contributed by atoms with Gasteiger partial charge in [-0.25, -0.2) is 4.39 Å². The number of nitrogens with one attached hydrogen (secondary N) is 1. The van der Waals surface area contributed by atoms with E-state index >= 15 is 0 Å². The second kappa shape index (κ2) is 3.21. The van der Waals surface area contributed by atoms with Crippen LogP contribution in [-0.4, -0.2) is 5.91 Å². The van der Waals surface area contributed by atoms with E-state index in [1.165, 1.54) is 19.1 Å². The van der Waals surface area contributed by atoms with E-state index in [1.807, 2.05) is 0 Å². The van der Waals surface area contributed by atoms with E-state index < -0.39 is 5.82 Å². The van der Waals surface area contributed by atoms with Crippen LogP contribution in [0.2, 0.25) is 0 Å². The lowest BCUT2D eigenvalue weighted by atomic mass is 10.2. The first-order chi connectivity index (χ1) is 5.59. The third-order valence-electron chi connectivity index (χ3n) is 1.32. The van der Waals surface area contributed by atoms with Gasteiger partial charge in [0, 0.05) is 12.6 Å². The third kappa shape index (κ3) is 1.95. The lowest BCUT2D eigenvalue weighted by Crippen LogP contribution is -2.06. The van der Waals surface area contributed by atoms with E-state index in [0.29, 0.717) is 5.69 Å². The molecule has 0 saturated heterocycles. The first kappa shape index (κ1) is 8.52. The topological polar surface area (TPSA) is 55.1 Å². The van der Waals surface area contributed by atoms with Gasteiger partial charge in [0.15, 0.2) is 0 Å². The molecule has 0 aliphatic rings. The molecule has 0 aliphatic heterocycles. The summed E-state index contributed by atoms with van der Waals surface area (Å²) < 4.78 is 12.8. The Morgan fingerprint density at radius 1 is 1.58 bits per heavy atom. The van der Waals surface area contributed by atoms with E-state index in [-0.39, 0.29) is 11.6 Å². The maximum Gasteiger partial charge on any atom is 0.221 e. The molecule has 0 aromatic heterocycles. The first-order valence-corrected chi connectivity index (χ1v) is 3.42. The Kier molecular flexibility index (Phi) is 2.28. The van der Waals surface area contributed by atoms with Crippen molar-refractivity contribution in [1.82, 2.24) is 0 Å². The van der Waals surface area contributed by atoms with Gasteiger partial charge in [-0.15, -0.1) is 0 Å². The van der Waals surface area contributed by atoms with Crippen LogP contribution in [0.4, 0.5) is 15.8 Å². The number of hydrogen-bond donors (Lipinski definition) is 2. The van der Waals surface area contributed by atoms with Crippen molar-refractivity contribution in [2.45, 2.75) is 6.92 Å². The Labute approximate surface area is 69.4 Å². The van der Waals surface area contributed by atoms with E-state index in [1.54, 1.807) is 6.07 Å². The van der Waals surface area contributed by atoms with Crippen molar-refractivity contribution in [3.05, 3.63) is 24.0 Å². The second-order valence-corrected chi connectivity index (χ2v) is 2.42. The number of amides is 1. The van der Waals surface area contributed by atoms with Gasteiger partial charge in [-0.2, -0.15) is 0 Å². The van der Waals surface area contributed by atoms with Crippen LogP contribution >= 0.6 is 0 Å². The molecule has 4 heteroatoms. The van der Waals surface area contributed by atoms with Gasteiger partial charge in [0.05, 0.1) is 5.69 Å². The lowest BCUT2D eigenvalue weighted by molar-refractivity contribution is -0.114. The van der Waals surface area contributed by atoms with Crippen LogP contribution in [0.25, 0.3) is 0 Å². The minimum absolute atomic E-state index is 0.0732. The summed E-state index contributed by atoms with van der Waals surface area (Å²) in [6.07, 6.45) is 0. The van der Waals surface area contributed by atoms with Crippen molar-refractivity contribution in [2.75, 3.05) is 11.1 Å². The number of hydrogen-bond acceptors (Lipinski definition) is 2. The molecule has 0 radical (unpaired) electrons. The van der Waals surface area contributed by atoms with Crippen LogP contribution in [0.5, 0.6) is 0 Å². The zero-order valence-corrected chi connectivity index (χ0v) is 6.60. The number of rotatable bonds is 1. The van der Waals surface area contributed by atoms with Crippen molar-refractivity contribution in [3.8, 4) is 0 Å². The zero-order valence-electron chi connectivity index (χ0n) is 6.60. The number of nitrogens with two attached hydrogens (primary N) is 1. The molecule has 64 valence electrons. The van der Waals surface area contributed by atoms with Crippen molar-refractivity contribution < 1.29 is 9.18 Å². The molecule has 0 spiro atoms. The largest absolute Gasteiger partial charge is 0.396 e. The van der Waals surface area contributed by atoms with Gasteiger partial charge in [0.2, 0.25) is 5.91 Å². The van der Waals surface area contributed by atoms with Crippen molar-refractivity contribution in [3.63, 3.8) is 0 Å². The predicted molar refractivity (Wildman–Crippen MR) is 45.1 cm³/mol. The van der Waals surface area contributed by atoms with Crippen LogP contribution in [0.15, 0.2) is 18.2 Å². The molecule has 0 unspecified atom stereocenters. The second-order valence-electron chi connectivity index (χ2n) is 2.42. The standard InChI is InChI=1S/C8H9FN2O/c1-5(12)11-6-2-3-8(10)7(9)4-6/h2-4H,10H2,1H3,(H,11,12). The van der Waals surface area contributed by atoms with Gasteiger partial charge < -0.3 is 11.1 Å². The minimum Gasteiger partial charge on any atom is -0.396 e. The Morgan fingerprint density at radius 2 is 2.25 bits per heavy atom. The summed E-state index contributed by atoms with van der Waals surface area (Å²) in [7, 11) is 0. The molecular weight excluding hydrogens is 159 g/mol. The highest BCUT2D eigenvalue weighted by atomic mass is 19.1. The first-order valence-electron chi connectivity index (χ1n) is 3.42. The van der Waals surface area contributed by atoms with Crippen LogP contribution < -0.4 is 11.1 Å². The van der Waals surface area contributed by atoms with Gasteiger partial charge in [0.25, 0.3) is 0 Å². The number of nitrogen functional groups attached to an aromatic ring is 1. The third-order valence-corrected chi connectivity index (χ3v) is 1.32. The van der Waals surface area contributed by atoms with E-state index in [2.05, 4.69) is 5.32 Å². The summed E-state index contributed by atoms with van der Waals surface area (Å²) in [6, 6.07) is 4.12. The summed E-state index contributed by atoms with van der Waals surface area (Å²) in [5.74, 6) is -0.763. The summed E-state index contributed by atoms with van der Waals surface area (Å²) in [5.41, 5.74) is 5.72. The number of anilines is 2. The van der Waals surface area contributed by atoms with Gasteiger partial charge in [-0.05, 0) is 18.2 Å². The summed E-state index contributed by atoms with van der Waals surface area (Å²) >= 11 is 0. The number of carbonyl (C=O) groups is 1. The summed E-state index contributed by atoms with van der Waals surface area (Å²) in [4.78, 5) is 10.5. The maximum atomic E-state index is 12.8. The molecule has 3 N–H and O–H groups in total. The fourth-order valence-electron chi connectivity index (χ4n) is 0.808. The average Bonchev–Trinajstić information content (AvgIpc) is 1.96. The number of halogens is 1. The highest BCUT2D eigenvalue weighted by Crippen LogP contribution is 2.15. The predicted octanol–water partition coefficient (Wildman–Crippen LogP) is 1.37. The lowest BCUT2D eigenvalue weighted by Gasteiger charge is -2.02. The van der Waals surface area contributed by atoms with Crippen LogP contribution in [-0.2, 0) is 4.79 Å². The molecule has 1 aromatic rings. The monoisotopic (exact) mass is 168 g/mol. The molecule has 3 nitrogen and oxygen atoms in total. The zero-order chi connectivity index (χ0) is 9.14. The fourth-order valence-corrected chi connectivity index (χ4v) is 0.808. The summed E-state index contributed by atoms with van der Waals surface area (Å²) in [6.45, 7) is 1.36. The molecule has 1 rings (SSSR count). The van der Waals surface area contributed by atoms with Crippen molar-refractivity contribution in [2.24, 2.45) is 0 Å². The molecule has 0 heterocycles. The Morgan fingerprint density at radius 3 is 2.75 bits per heavy atom. The highest BCUT2D eigenvalue weighted by Gasteiger charge is 2.00. The van der Waals surface area contributed by atoms with Crippen molar-refractivity contribution in [1.29, 1.82) is 0 Å². The summed E-state index contributed by atoms with van der Waals surface area (Å²) in [5, 5.41) is 2.44. The Bertz CT molecular complexity index is 312. The SMILES string of the molecule is CC(=O)Nc1ccc(N)c(F)c1.